The quantitative estimate of drug-likeness (QED) is 0.640. The second kappa shape index (κ2) is 6.90. The van der Waals surface area contributed by atoms with Crippen molar-refractivity contribution in [3.63, 3.8) is 0 Å². The minimum Gasteiger partial charge on any atom is -0.259 e. The Morgan fingerprint density at radius 3 is 2.70 bits per heavy atom. The lowest BCUT2D eigenvalue weighted by molar-refractivity contribution is 0.735. The van der Waals surface area contributed by atoms with Crippen LogP contribution in [0.15, 0.2) is 64.3 Å². The molecule has 3 aromatic rings. The summed E-state index contributed by atoms with van der Waals surface area (Å²) in [6, 6.07) is 15.0. The summed E-state index contributed by atoms with van der Waals surface area (Å²) in [6.07, 6.45) is 1.74. The molecular weight excluding hydrogens is 306 g/mol. The number of benzene rings is 1. The molecule has 0 aliphatic heterocycles. The predicted molar refractivity (Wildman–Crippen MR) is 89.4 cm³/mol. The summed E-state index contributed by atoms with van der Waals surface area (Å²) in [5.74, 6) is 0. The van der Waals surface area contributed by atoms with E-state index in [-0.39, 0.29) is 6.04 Å². The fourth-order valence-electron chi connectivity index (χ4n) is 1.98. The second-order valence-corrected chi connectivity index (χ2v) is 5.69. The van der Waals surface area contributed by atoms with Crippen LogP contribution in [0.5, 0.6) is 0 Å². The van der Waals surface area contributed by atoms with Crippen LogP contribution in [0.3, 0.4) is 0 Å². The molecule has 112 valence electrons. The smallest absolute Gasteiger partial charge is 0.230 e. The van der Waals surface area contributed by atoms with Gasteiger partial charge in [0.25, 0.3) is 0 Å². The molecular formula is C17H13N5S. The maximum absolute atomic E-state index is 8.82. The van der Waals surface area contributed by atoms with E-state index in [2.05, 4.69) is 26.3 Å². The number of hydrogen-bond donors (Lipinski definition) is 0. The Morgan fingerprint density at radius 1 is 1.17 bits per heavy atom. The molecule has 0 saturated heterocycles. The van der Waals surface area contributed by atoms with Gasteiger partial charge in [-0.25, -0.2) is 4.98 Å². The van der Waals surface area contributed by atoms with Crippen LogP contribution >= 0.6 is 11.3 Å². The van der Waals surface area contributed by atoms with Crippen LogP contribution in [-0.2, 0) is 0 Å². The van der Waals surface area contributed by atoms with Crippen molar-refractivity contribution in [3.05, 3.63) is 65.3 Å². The van der Waals surface area contributed by atoms with Gasteiger partial charge in [0, 0.05) is 17.1 Å². The molecule has 1 unspecified atom stereocenters. The Bertz CT molecular complexity index is 847. The van der Waals surface area contributed by atoms with Crippen molar-refractivity contribution in [2.75, 3.05) is 0 Å². The molecule has 0 saturated carbocycles. The van der Waals surface area contributed by atoms with Crippen molar-refractivity contribution in [1.29, 1.82) is 5.26 Å². The van der Waals surface area contributed by atoms with Gasteiger partial charge in [0.1, 0.15) is 6.04 Å². The van der Waals surface area contributed by atoms with Gasteiger partial charge in [0.05, 0.1) is 23.0 Å². The van der Waals surface area contributed by atoms with Gasteiger partial charge >= 0.3 is 0 Å². The normalized spacial score (nSPS) is 12.2. The molecule has 0 aliphatic carbocycles. The molecule has 0 N–H and O–H groups in total. The van der Waals surface area contributed by atoms with Crippen molar-refractivity contribution in [3.8, 4) is 17.3 Å². The van der Waals surface area contributed by atoms with Crippen LogP contribution in [-0.4, -0.2) is 9.97 Å². The van der Waals surface area contributed by atoms with Crippen LogP contribution < -0.4 is 0 Å². The molecule has 3 rings (SSSR count). The minimum absolute atomic E-state index is 0.113. The number of thiazole rings is 1. The standard InChI is InChI=1S/C17H13N5S/c1-12(15-4-2-3-9-19-15)21-22-17-20-16(11-23-17)14-7-5-13(10-18)6-8-14/h2-9,11-12H,1H3. The molecule has 1 aromatic carbocycles. The predicted octanol–water partition coefficient (Wildman–Crippen LogP) is 4.92. The van der Waals surface area contributed by atoms with Crippen molar-refractivity contribution >= 4 is 16.5 Å². The molecule has 0 bridgehead atoms. The van der Waals surface area contributed by atoms with Gasteiger partial charge in [-0.05, 0) is 31.2 Å². The maximum atomic E-state index is 8.82. The summed E-state index contributed by atoms with van der Waals surface area (Å²) in [6.45, 7) is 1.95. The molecule has 2 heterocycles. The summed E-state index contributed by atoms with van der Waals surface area (Å²) < 4.78 is 0. The molecule has 1 atom stereocenters. The van der Waals surface area contributed by atoms with Crippen LogP contribution in [0.2, 0.25) is 0 Å². The van der Waals surface area contributed by atoms with Crippen LogP contribution in [0.25, 0.3) is 11.3 Å². The van der Waals surface area contributed by atoms with E-state index >= 15 is 0 Å². The Labute approximate surface area is 138 Å². The molecule has 0 spiro atoms. The zero-order valence-electron chi connectivity index (χ0n) is 12.4. The third kappa shape index (κ3) is 3.65. The van der Waals surface area contributed by atoms with Crippen molar-refractivity contribution in [2.24, 2.45) is 10.2 Å². The molecule has 0 aliphatic rings. The number of hydrogen-bond acceptors (Lipinski definition) is 6. The van der Waals surface area contributed by atoms with E-state index in [4.69, 9.17) is 5.26 Å². The molecule has 2 aromatic heterocycles. The summed E-state index contributed by atoms with van der Waals surface area (Å²) in [7, 11) is 0. The number of azo groups is 1. The van der Waals surface area contributed by atoms with Gasteiger partial charge in [0.15, 0.2) is 0 Å². The SMILES string of the molecule is CC(N=Nc1nc(-c2ccc(C#N)cc2)cs1)c1ccccn1. The number of nitrogens with zero attached hydrogens (tertiary/aromatic N) is 5. The highest BCUT2D eigenvalue weighted by atomic mass is 32.1. The maximum Gasteiger partial charge on any atom is 0.230 e. The summed E-state index contributed by atoms with van der Waals surface area (Å²) >= 11 is 1.43. The number of rotatable bonds is 4. The van der Waals surface area contributed by atoms with Crippen LogP contribution in [0, 0.1) is 11.3 Å². The van der Waals surface area contributed by atoms with Crippen LogP contribution in [0.4, 0.5) is 5.13 Å². The van der Waals surface area contributed by atoms with Gasteiger partial charge in [-0.1, -0.05) is 18.2 Å². The topological polar surface area (TPSA) is 74.3 Å². The summed E-state index contributed by atoms with van der Waals surface area (Å²) in [5.41, 5.74) is 3.30. The third-order valence-corrected chi connectivity index (χ3v) is 3.96. The first kappa shape index (κ1) is 15.0. The van der Waals surface area contributed by atoms with Gasteiger partial charge in [-0.2, -0.15) is 10.4 Å². The van der Waals surface area contributed by atoms with E-state index in [9.17, 15) is 0 Å². The van der Waals surface area contributed by atoms with Crippen molar-refractivity contribution in [2.45, 2.75) is 13.0 Å². The summed E-state index contributed by atoms with van der Waals surface area (Å²) in [4.78, 5) is 8.72. The zero-order valence-corrected chi connectivity index (χ0v) is 13.2. The highest BCUT2D eigenvalue weighted by molar-refractivity contribution is 7.13. The first-order valence-corrected chi connectivity index (χ1v) is 7.92. The number of pyridine rings is 1. The van der Waals surface area contributed by atoms with E-state index in [0.717, 1.165) is 17.0 Å². The first-order valence-electron chi connectivity index (χ1n) is 7.04. The average Bonchev–Trinajstić information content (AvgIpc) is 3.09. The van der Waals surface area contributed by atoms with Gasteiger partial charge in [-0.3, -0.25) is 4.98 Å². The zero-order chi connectivity index (χ0) is 16.1. The third-order valence-electron chi connectivity index (χ3n) is 3.23. The first-order chi connectivity index (χ1) is 11.3. The Morgan fingerprint density at radius 2 is 2.00 bits per heavy atom. The Balaban J connectivity index is 1.74. The van der Waals surface area contributed by atoms with Gasteiger partial charge in [0.2, 0.25) is 5.13 Å². The van der Waals surface area contributed by atoms with Crippen molar-refractivity contribution < 1.29 is 0 Å². The largest absolute Gasteiger partial charge is 0.259 e. The van der Waals surface area contributed by atoms with E-state index in [0.29, 0.717) is 10.7 Å². The molecule has 6 heteroatoms. The van der Waals surface area contributed by atoms with Crippen molar-refractivity contribution in [1.82, 2.24) is 9.97 Å². The lowest BCUT2D eigenvalue weighted by atomic mass is 10.1. The molecule has 5 nitrogen and oxygen atoms in total. The fourth-order valence-corrected chi connectivity index (χ4v) is 2.63. The molecule has 0 amide bonds. The number of aromatic nitrogens is 2. The highest BCUT2D eigenvalue weighted by Crippen LogP contribution is 2.28. The fraction of sp³-hybridized carbons (Fsp3) is 0.118. The highest BCUT2D eigenvalue weighted by Gasteiger charge is 2.06. The van der Waals surface area contributed by atoms with E-state index in [1.807, 2.05) is 42.6 Å². The average molecular weight is 319 g/mol. The molecule has 0 fully saturated rings. The lowest BCUT2D eigenvalue weighted by Crippen LogP contribution is -1.91. The minimum atomic E-state index is -0.113. The monoisotopic (exact) mass is 319 g/mol. The van der Waals surface area contributed by atoms with E-state index in [1.165, 1.54) is 11.3 Å². The summed E-state index contributed by atoms with van der Waals surface area (Å²) in [5, 5.41) is 19.8. The van der Waals surface area contributed by atoms with Crippen LogP contribution in [0.1, 0.15) is 24.2 Å². The lowest BCUT2D eigenvalue weighted by Gasteiger charge is -2.01. The van der Waals surface area contributed by atoms with E-state index in [1.54, 1.807) is 18.3 Å². The van der Waals surface area contributed by atoms with E-state index < -0.39 is 0 Å². The molecule has 23 heavy (non-hydrogen) atoms. The van der Waals surface area contributed by atoms with Gasteiger partial charge < -0.3 is 0 Å². The Hall–Kier alpha value is -2.91. The second-order valence-electron chi connectivity index (χ2n) is 4.85. The Kier molecular flexibility index (Phi) is 4.50. The van der Waals surface area contributed by atoms with Gasteiger partial charge in [-0.15, -0.1) is 16.5 Å². The number of nitriles is 1. The molecule has 0 radical (unpaired) electrons.